The molecule has 1 amide bonds. The number of hydrogen-bond acceptors (Lipinski definition) is 2. The third-order valence-corrected chi connectivity index (χ3v) is 3.17. The van der Waals surface area contributed by atoms with Crippen molar-refractivity contribution in [3.05, 3.63) is 59.4 Å². The first-order valence-corrected chi connectivity index (χ1v) is 6.58. The maximum atomic E-state index is 13.7. The molecule has 2 aromatic rings. The van der Waals surface area contributed by atoms with E-state index in [1.165, 1.54) is 30.2 Å². The zero-order chi connectivity index (χ0) is 16.3. The molecule has 2 rings (SSSR count). The third-order valence-electron chi connectivity index (χ3n) is 3.17. The van der Waals surface area contributed by atoms with Crippen molar-refractivity contribution in [1.29, 1.82) is 0 Å². The number of halogens is 3. The largest absolute Gasteiger partial charge is 0.494 e. The molecule has 0 bridgehead atoms. The molecule has 0 aliphatic rings. The van der Waals surface area contributed by atoms with Crippen LogP contribution in [0.15, 0.2) is 36.4 Å². The summed E-state index contributed by atoms with van der Waals surface area (Å²) in [5, 5.41) is 0. The van der Waals surface area contributed by atoms with Crippen LogP contribution in [-0.4, -0.2) is 19.6 Å². The van der Waals surface area contributed by atoms with Gasteiger partial charge >= 0.3 is 0 Å². The standard InChI is InChI=1S/C16H14F3NO2/c1-3-20(11-5-6-12(17)13(18)9-11)16(21)10-4-7-15(22-2)14(19)8-10/h4-9H,3H2,1-2H3. The number of rotatable bonds is 4. The van der Waals surface area contributed by atoms with Crippen LogP contribution in [0, 0.1) is 17.5 Å². The minimum Gasteiger partial charge on any atom is -0.494 e. The Morgan fingerprint density at radius 3 is 2.32 bits per heavy atom. The first-order valence-electron chi connectivity index (χ1n) is 6.58. The Kier molecular flexibility index (Phi) is 4.70. The van der Waals surface area contributed by atoms with E-state index in [1.54, 1.807) is 6.92 Å². The molecule has 0 aliphatic heterocycles. The summed E-state index contributed by atoms with van der Waals surface area (Å²) in [4.78, 5) is 13.7. The molecule has 0 unspecified atom stereocenters. The number of ether oxygens (including phenoxy) is 1. The van der Waals surface area contributed by atoms with Crippen molar-refractivity contribution < 1.29 is 22.7 Å². The first-order chi connectivity index (χ1) is 10.5. The summed E-state index contributed by atoms with van der Waals surface area (Å²) in [6.45, 7) is 1.90. The number of amides is 1. The highest BCUT2D eigenvalue weighted by molar-refractivity contribution is 6.06. The fourth-order valence-corrected chi connectivity index (χ4v) is 2.05. The van der Waals surface area contributed by atoms with Crippen LogP contribution in [0.5, 0.6) is 5.75 Å². The van der Waals surface area contributed by atoms with E-state index in [0.29, 0.717) is 0 Å². The molecule has 2 aromatic carbocycles. The van der Waals surface area contributed by atoms with Gasteiger partial charge in [-0.05, 0) is 37.3 Å². The second-order valence-corrected chi connectivity index (χ2v) is 4.50. The Morgan fingerprint density at radius 1 is 1.05 bits per heavy atom. The van der Waals surface area contributed by atoms with Crippen molar-refractivity contribution in [2.75, 3.05) is 18.6 Å². The van der Waals surface area contributed by atoms with Gasteiger partial charge in [-0.25, -0.2) is 13.2 Å². The Morgan fingerprint density at radius 2 is 1.77 bits per heavy atom. The van der Waals surface area contributed by atoms with Crippen molar-refractivity contribution in [3.63, 3.8) is 0 Å². The van der Waals surface area contributed by atoms with Gasteiger partial charge in [0.05, 0.1) is 7.11 Å². The highest BCUT2D eigenvalue weighted by Crippen LogP contribution is 2.23. The molecule has 0 aromatic heterocycles. The lowest BCUT2D eigenvalue weighted by Crippen LogP contribution is -2.30. The first kappa shape index (κ1) is 15.9. The molecule has 0 atom stereocenters. The van der Waals surface area contributed by atoms with Crippen LogP contribution in [-0.2, 0) is 0 Å². The number of anilines is 1. The van der Waals surface area contributed by atoms with E-state index in [9.17, 15) is 18.0 Å². The van der Waals surface area contributed by atoms with Crippen LogP contribution < -0.4 is 9.64 Å². The maximum absolute atomic E-state index is 13.7. The molecule has 0 aliphatic carbocycles. The second-order valence-electron chi connectivity index (χ2n) is 4.50. The van der Waals surface area contributed by atoms with Gasteiger partial charge in [0.2, 0.25) is 0 Å². The Hall–Kier alpha value is -2.50. The summed E-state index contributed by atoms with van der Waals surface area (Å²) < 4.78 is 44.8. The average molecular weight is 309 g/mol. The Bertz CT molecular complexity index is 704. The highest BCUT2D eigenvalue weighted by Gasteiger charge is 2.19. The normalized spacial score (nSPS) is 10.4. The van der Waals surface area contributed by atoms with Gasteiger partial charge in [-0.2, -0.15) is 0 Å². The van der Waals surface area contributed by atoms with Gasteiger partial charge in [0.25, 0.3) is 5.91 Å². The summed E-state index contributed by atoms with van der Waals surface area (Å²) in [5.41, 5.74) is 0.285. The number of nitrogens with zero attached hydrogens (tertiary/aromatic N) is 1. The quantitative estimate of drug-likeness (QED) is 0.860. The average Bonchev–Trinajstić information content (AvgIpc) is 2.51. The molecule has 6 heteroatoms. The molecule has 0 N–H and O–H groups in total. The number of methoxy groups -OCH3 is 1. The van der Waals surface area contributed by atoms with Crippen LogP contribution in [0.3, 0.4) is 0 Å². The van der Waals surface area contributed by atoms with Crippen molar-refractivity contribution in [2.24, 2.45) is 0 Å². The fraction of sp³-hybridized carbons (Fsp3) is 0.188. The van der Waals surface area contributed by atoms with Gasteiger partial charge in [0.1, 0.15) is 0 Å². The maximum Gasteiger partial charge on any atom is 0.258 e. The molecule has 0 saturated heterocycles. The summed E-state index contributed by atoms with van der Waals surface area (Å²) in [7, 11) is 1.32. The van der Waals surface area contributed by atoms with Crippen LogP contribution in [0.1, 0.15) is 17.3 Å². The van der Waals surface area contributed by atoms with E-state index in [0.717, 1.165) is 18.2 Å². The number of hydrogen-bond donors (Lipinski definition) is 0. The van der Waals surface area contributed by atoms with Gasteiger partial charge in [-0.3, -0.25) is 4.79 Å². The molecular formula is C16H14F3NO2. The number of carbonyl (C=O) groups is 1. The lowest BCUT2D eigenvalue weighted by molar-refractivity contribution is 0.0987. The molecule has 22 heavy (non-hydrogen) atoms. The zero-order valence-corrected chi connectivity index (χ0v) is 12.1. The van der Waals surface area contributed by atoms with E-state index in [2.05, 4.69) is 0 Å². The predicted octanol–water partition coefficient (Wildman–Crippen LogP) is 3.78. The van der Waals surface area contributed by atoms with E-state index in [4.69, 9.17) is 4.74 Å². The molecule has 0 spiro atoms. The smallest absolute Gasteiger partial charge is 0.258 e. The summed E-state index contributed by atoms with van der Waals surface area (Å²) in [5.74, 6) is -3.22. The van der Waals surface area contributed by atoms with Gasteiger partial charge in [0.15, 0.2) is 23.2 Å². The van der Waals surface area contributed by atoms with Gasteiger partial charge in [-0.1, -0.05) is 0 Å². The molecule has 3 nitrogen and oxygen atoms in total. The van der Waals surface area contributed by atoms with Crippen molar-refractivity contribution in [2.45, 2.75) is 6.92 Å². The van der Waals surface area contributed by atoms with Gasteiger partial charge in [-0.15, -0.1) is 0 Å². The zero-order valence-electron chi connectivity index (χ0n) is 12.1. The SMILES string of the molecule is CCN(C(=O)c1ccc(OC)c(F)c1)c1ccc(F)c(F)c1. The van der Waals surface area contributed by atoms with Gasteiger partial charge < -0.3 is 9.64 Å². The molecule has 116 valence electrons. The monoisotopic (exact) mass is 309 g/mol. The van der Waals surface area contributed by atoms with E-state index in [-0.39, 0.29) is 23.5 Å². The summed E-state index contributed by atoms with van der Waals surface area (Å²) in [6.07, 6.45) is 0. The molecular weight excluding hydrogens is 295 g/mol. The fourth-order valence-electron chi connectivity index (χ4n) is 2.05. The highest BCUT2D eigenvalue weighted by atomic mass is 19.2. The molecule has 0 radical (unpaired) electrons. The third kappa shape index (κ3) is 3.05. The summed E-state index contributed by atoms with van der Waals surface area (Å²) >= 11 is 0. The Labute approximate surface area is 125 Å². The Balaban J connectivity index is 2.36. The van der Waals surface area contributed by atoms with Crippen molar-refractivity contribution in [3.8, 4) is 5.75 Å². The van der Waals surface area contributed by atoms with E-state index >= 15 is 0 Å². The van der Waals surface area contributed by atoms with Crippen LogP contribution in [0.4, 0.5) is 18.9 Å². The lowest BCUT2D eigenvalue weighted by atomic mass is 10.1. The molecule has 0 saturated carbocycles. The van der Waals surface area contributed by atoms with Crippen LogP contribution >= 0.6 is 0 Å². The number of benzene rings is 2. The topological polar surface area (TPSA) is 29.5 Å². The second kappa shape index (κ2) is 6.51. The van der Waals surface area contributed by atoms with E-state index in [1.807, 2.05) is 0 Å². The van der Waals surface area contributed by atoms with Crippen LogP contribution in [0.2, 0.25) is 0 Å². The minimum atomic E-state index is -1.05. The summed E-state index contributed by atoms with van der Waals surface area (Å²) in [6, 6.07) is 6.95. The van der Waals surface area contributed by atoms with E-state index < -0.39 is 23.4 Å². The molecule has 0 fully saturated rings. The lowest BCUT2D eigenvalue weighted by Gasteiger charge is -2.21. The van der Waals surface area contributed by atoms with Crippen molar-refractivity contribution in [1.82, 2.24) is 0 Å². The molecule has 0 heterocycles. The van der Waals surface area contributed by atoms with Crippen LogP contribution in [0.25, 0.3) is 0 Å². The van der Waals surface area contributed by atoms with Gasteiger partial charge in [0, 0.05) is 23.9 Å². The minimum absolute atomic E-state index is 0.0208. The number of carbonyl (C=O) groups excluding carboxylic acids is 1. The van der Waals surface area contributed by atoms with Crippen molar-refractivity contribution >= 4 is 11.6 Å². The predicted molar refractivity (Wildman–Crippen MR) is 76.7 cm³/mol.